The largest absolute Gasteiger partial charge is 0.573 e. The fraction of sp³-hybridized carbons (Fsp3) is 0.579. The van der Waals surface area contributed by atoms with Crippen LogP contribution in [0.3, 0.4) is 0 Å². The monoisotopic (exact) mass is 394 g/mol. The van der Waals surface area contributed by atoms with Gasteiger partial charge in [0.2, 0.25) is 0 Å². The molecule has 28 heavy (non-hydrogen) atoms. The van der Waals surface area contributed by atoms with E-state index in [1.54, 1.807) is 0 Å². The second-order valence-electron chi connectivity index (χ2n) is 8.33. The van der Waals surface area contributed by atoms with Gasteiger partial charge in [0.25, 0.3) is 0 Å². The van der Waals surface area contributed by atoms with E-state index in [0.717, 1.165) is 38.0 Å². The number of rotatable bonds is 5. The number of ether oxygens (including phenoxy) is 1. The molecule has 0 spiro atoms. The number of pyridine rings is 1. The van der Waals surface area contributed by atoms with Gasteiger partial charge in [0.05, 0.1) is 5.69 Å². The molecule has 2 aromatic rings. The zero-order chi connectivity index (χ0) is 19.7. The summed E-state index contributed by atoms with van der Waals surface area (Å²) in [6.07, 6.45) is 3.98. The van der Waals surface area contributed by atoms with E-state index in [1.165, 1.54) is 18.7 Å². The molecule has 9 heteroatoms. The van der Waals surface area contributed by atoms with E-state index >= 15 is 0 Å². The maximum atomic E-state index is 12.6. The van der Waals surface area contributed by atoms with Gasteiger partial charge in [-0.1, -0.05) is 0 Å². The molecule has 2 aromatic heterocycles. The molecule has 4 saturated carbocycles. The molecule has 0 saturated heterocycles. The number of aliphatic hydroxyl groups is 1. The van der Waals surface area contributed by atoms with Crippen molar-refractivity contribution in [3.8, 4) is 17.0 Å². The normalized spacial score (nSPS) is 27.5. The molecule has 6 rings (SSSR count). The number of aromatic nitrogens is 3. The first kappa shape index (κ1) is 17.8. The van der Waals surface area contributed by atoms with Crippen LogP contribution in [0.5, 0.6) is 5.75 Å². The molecular weight excluding hydrogens is 373 g/mol. The van der Waals surface area contributed by atoms with Gasteiger partial charge in [0, 0.05) is 23.5 Å². The number of hydrogen-bond acceptors (Lipinski definition) is 5. The summed E-state index contributed by atoms with van der Waals surface area (Å²) in [5.74, 6) is 0.646. The van der Waals surface area contributed by atoms with Gasteiger partial charge < -0.3 is 20.1 Å². The number of fused-ring (bicyclic) bond motifs is 1. The summed E-state index contributed by atoms with van der Waals surface area (Å²) >= 11 is 0. The number of hydrogen-bond donors (Lipinski definition) is 2. The Bertz CT molecular complexity index is 911. The molecule has 2 bridgehead atoms. The van der Waals surface area contributed by atoms with Crippen molar-refractivity contribution in [2.75, 3.05) is 5.73 Å². The van der Waals surface area contributed by atoms with E-state index in [2.05, 4.69) is 19.3 Å². The van der Waals surface area contributed by atoms with Crippen molar-refractivity contribution < 1.29 is 23.0 Å². The van der Waals surface area contributed by atoms with E-state index in [9.17, 15) is 18.3 Å². The number of aliphatic hydroxyl groups excluding tert-OH is 1. The van der Waals surface area contributed by atoms with Gasteiger partial charge in [-0.05, 0) is 56.4 Å². The number of nitrogens with two attached hydrogens (primary N) is 1. The van der Waals surface area contributed by atoms with Gasteiger partial charge >= 0.3 is 6.36 Å². The number of halogens is 3. The van der Waals surface area contributed by atoms with Crippen LogP contribution < -0.4 is 10.5 Å². The van der Waals surface area contributed by atoms with Gasteiger partial charge in [0.1, 0.15) is 11.9 Å². The van der Waals surface area contributed by atoms with E-state index in [-0.39, 0.29) is 17.3 Å². The van der Waals surface area contributed by atoms with Gasteiger partial charge in [-0.25, -0.2) is 9.97 Å². The van der Waals surface area contributed by atoms with Gasteiger partial charge in [0.15, 0.2) is 11.6 Å². The molecule has 0 aliphatic heterocycles. The maximum Gasteiger partial charge on any atom is 0.573 e. The van der Waals surface area contributed by atoms with Crippen molar-refractivity contribution in [3.63, 3.8) is 0 Å². The van der Waals surface area contributed by atoms with Crippen LogP contribution in [0.2, 0.25) is 0 Å². The van der Waals surface area contributed by atoms with E-state index in [4.69, 9.17) is 5.73 Å². The third-order valence-electron chi connectivity index (χ3n) is 6.34. The zero-order valence-corrected chi connectivity index (χ0v) is 15.1. The molecule has 0 aromatic carbocycles. The van der Waals surface area contributed by atoms with E-state index in [1.807, 2.05) is 6.20 Å². The first-order valence-corrected chi connectivity index (χ1v) is 9.54. The van der Waals surface area contributed by atoms with Crippen LogP contribution in [0.1, 0.15) is 50.5 Å². The Morgan fingerprint density at radius 2 is 2.04 bits per heavy atom. The lowest BCUT2D eigenvalue weighted by atomic mass is 9.76. The lowest BCUT2D eigenvalue weighted by Crippen LogP contribution is -2.39. The highest BCUT2D eigenvalue weighted by Crippen LogP contribution is 2.58. The Morgan fingerprint density at radius 1 is 1.29 bits per heavy atom. The number of anilines is 1. The Morgan fingerprint density at radius 3 is 2.64 bits per heavy atom. The molecule has 1 unspecified atom stereocenters. The minimum absolute atomic E-state index is 0.0202. The van der Waals surface area contributed by atoms with Crippen molar-refractivity contribution in [1.29, 1.82) is 0 Å². The lowest BCUT2D eigenvalue weighted by Gasteiger charge is -2.41. The molecule has 0 amide bonds. The Kier molecular flexibility index (Phi) is 3.72. The highest BCUT2D eigenvalue weighted by atomic mass is 19.4. The molecule has 4 aliphatic rings. The predicted octanol–water partition coefficient (Wildman–Crippen LogP) is 3.77. The first-order chi connectivity index (χ1) is 13.2. The standard InChI is InChI=1S/C19H21F3N4O2/c20-19(21,22)28-14-5-12(8-24-16(14)23)13-9-26(18-4-3-10(6-18)7-18)17(25-13)15(27)11-1-2-11/h5,8-11,15,27H,1-4,6-7H2,(H2,23,24). The number of alkyl halides is 3. The second kappa shape index (κ2) is 5.85. The summed E-state index contributed by atoms with van der Waals surface area (Å²) in [5.41, 5.74) is 6.36. The molecule has 1 atom stereocenters. The lowest BCUT2D eigenvalue weighted by molar-refractivity contribution is -0.274. The topological polar surface area (TPSA) is 86.2 Å². The van der Waals surface area contributed by atoms with Crippen molar-refractivity contribution in [3.05, 3.63) is 24.3 Å². The van der Waals surface area contributed by atoms with Crippen LogP contribution in [-0.2, 0) is 5.54 Å². The van der Waals surface area contributed by atoms with Crippen LogP contribution in [-0.4, -0.2) is 26.0 Å². The second-order valence-corrected chi connectivity index (χ2v) is 8.33. The van der Waals surface area contributed by atoms with Crippen molar-refractivity contribution >= 4 is 5.82 Å². The van der Waals surface area contributed by atoms with Gasteiger partial charge in [-0.2, -0.15) is 0 Å². The van der Waals surface area contributed by atoms with Gasteiger partial charge in [-0.15, -0.1) is 13.2 Å². The Labute approximate surface area is 159 Å². The fourth-order valence-corrected chi connectivity index (χ4v) is 4.76. The highest BCUT2D eigenvalue weighted by Gasteiger charge is 2.53. The Balaban J connectivity index is 1.54. The molecule has 4 fully saturated rings. The number of nitrogens with zero attached hydrogens (tertiary/aromatic N) is 3. The molecule has 2 heterocycles. The van der Waals surface area contributed by atoms with E-state index < -0.39 is 18.2 Å². The molecular formula is C19H21F3N4O2. The number of nitrogen functional groups attached to an aromatic ring is 1. The number of imidazole rings is 1. The smallest absolute Gasteiger partial charge is 0.402 e. The minimum atomic E-state index is -4.86. The maximum absolute atomic E-state index is 12.6. The molecule has 6 nitrogen and oxygen atoms in total. The molecule has 0 radical (unpaired) electrons. The van der Waals surface area contributed by atoms with Gasteiger partial charge in [-0.3, -0.25) is 0 Å². The average molecular weight is 394 g/mol. The van der Waals surface area contributed by atoms with E-state index in [0.29, 0.717) is 17.1 Å². The van der Waals surface area contributed by atoms with Crippen molar-refractivity contribution in [1.82, 2.24) is 14.5 Å². The van der Waals surface area contributed by atoms with Crippen molar-refractivity contribution in [2.45, 2.75) is 56.5 Å². The SMILES string of the molecule is Nc1ncc(-c2cn(C34CCC(C3)C4)c(C(O)C3CC3)n2)cc1OC(F)(F)F. The molecule has 3 N–H and O–H groups in total. The average Bonchev–Trinajstić information content (AvgIpc) is 3.02. The third kappa shape index (κ3) is 2.92. The summed E-state index contributed by atoms with van der Waals surface area (Å²) < 4.78 is 43.9. The quantitative estimate of drug-likeness (QED) is 0.806. The zero-order valence-electron chi connectivity index (χ0n) is 15.1. The third-order valence-corrected chi connectivity index (χ3v) is 6.34. The fourth-order valence-electron chi connectivity index (χ4n) is 4.76. The van der Waals surface area contributed by atoms with Crippen LogP contribution >= 0.6 is 0 Å². The summed E-state index contributed by atoms with van der Waals surface area (Å²) in [6, 6.07) is 1.20. The summed E-state index contributed by atoms with van der Waals surface area (Å²) in [4.78, 5) is 8.46. The highest BCUT2D eigenvalue weighted by molar-refractivity contribution is 5.64. The molecule has 150 valence electrons. The molecule has 4 aliphatic carbocycles. The van der Waals surface area contributed by atoms with Crippen molar-refractivity contribution in [2.24, 2.45) is 11.8 Å². The Hall–Kier alpha value is -2.29. The summed E-state index contributed by atoms with van der Waals surface area (Å²) in [7, 11) is 0. The predicted molar refractivity (Wildman–Crippen MR) is 94.2 cm³/mol. The summed E-state index contributed by atoms with van der Waals surface area (Å²) in [6.45, 7) is 0. The van der Waals surface area contributed by atoms with Crippen LogP contribution in [0.15, 0.2) is 18.5 Å². The van der Waals surface area contributed by atoms with Crippen LogP contribution in [0, 0.1) is 11.8 Å². The van der Waals surface area contributed by atoms with Crippen LogP contribution in [0.4, 0.5) is 19.0 Å². The minimum Gasteiger partial charge on any atom is -0.402 e. The van der Waals surface area contributed by atoms with Crippen LogP contribution in [0.25, 0.3) is 11.3 Å². The summed E-state index contributed by atoms with van der Waals surface area (Å²) in [5, 5.41) is 10.8. The first-order valence-electron chi connectivity index (χ1n) is 9.54.